The fourth-order valence-corrected chi connectivity index (χ4v) is 2.02. The van der Waals surface area contributed by atoms with Gasteiger partial charge in [-0.3, -0.25) is 4.79 Å². The molecule has 14 heavy (non-hydrogen) atoms. The highest BCUT2D eigenvalue weighted by molar-refractivity contribution is 6.15. The molecule has 0 amide bonds. The van der Waals surface area contributed by atoms with Crippen LogP contribution in [0.1, 0.15) is 29.8 Å². The van der Waals surface area contributed by atoms with Crippen LogP contribution in [0.3, 0.4) is 0 Å². The molecule has 2 nitrogen and oxygen atoms in total. The first-order chi connectivity index (χ1) is 6.59. The van der Waals surface area contributed by atoms with Gasteiger partial charge in [-0.15, -0.1) is 0 Å². The molecular formula is C12H12O2. The lowest BCUT2D eigenvalue weighted by Gasteiger charge is -2.19. The van der Waals surface area contributed by atoms with Gasteiger partial charge in [-0.05, 0) is 5.56 Å². The van der Waals surface area contributed by atoms with E-state index < -0.39 is 0 Å². The van der Waals surface area contributed by atoms with Crippen molar-refractivity contribution in [3.8, 4) is 0 Å². The molecule has 0 saturated carbocycles. The summed E-state index contributed by atoms with van der Waals surface area (Å²) in [5, 5.41) is 9.06. The van der Waals surface area contributed by atoms with Gasteiger partial charge in [0.05, 0.1) is 6.26 Å². The Balaban J connectivity index is 2.74. The van der Waals surface area contributed by atoms with E-state index in [0.717, 1.165) is 11.8 Å². The van der Waals surface area contributed by atoms with E-state index >= 15 is 0 Å². The highest BCUT2D eigenvalue weighted by Gasteiger charge is 2.40. The molecule has 1 aliphatic rings. The van der Waals surface area contributed by atoms with Crippen LogP contribution in [0.5, 0.6) is 0 Å². The first-order valence-corrected chi connectivity index (χ1v) is 4.58. The largest absolute Gasteiger partial charge is 0.515 e. The number of fused-ring (bicyclic) bond motifs is 1. The molecule has 0 atom stereocenters. The molecule has 0 aliphatic heterocycles. The third-order valence-corrected chi connectivity index (χ3v) is 2.89. The second kappa shape index (κ2) is 2.71. The van der Waals surface area contributed by atoms with E-state index in [1.54, 1.807) is 6.07 Å². The van der Waals surface area contributed by atoms with Gasteiger partial charge < -0.3 is 5.11 Å². The first kappa shape index (κ1) is 9.00. The van der Waals surface area contributed by atoms with Crippen molar-refractivity contribution in [1.82, 2.24) is 0 Å². The molecule has 1 aromatic carbocycles. The zero-order chi connectivity index (χ0) is 10.3. The molecule has 1 aliphatic carbocycles. The molecule has 1 N–H and O–H groups in total. The van der Waals surface area contributed by atoms with Crippen LogP contribution in [0.15, 0.2) is 36.1 Å². The van der Waals surface area contributed by atoms with E-state index in [9.17, 15) is 4.79 Å². The van der Waals surface area contributed by atoms with Gasteiger partial charge in [0.1, 0.15) is 0 Å². The molecule has 1 aromatic rings. The minimum Gasteiger partial charge on any atom is -0.515 e. The summed E-state index contributed by atoms with van der Waals surface area (Å²) in [6.07, 6.45) is 0.933. The molecule has 2 heteroatoms. The van der Waals surface area contributed by atoms with Crippen molar-refractivity contribution in [3.05, 3.63) is 47.2 Å². The third-order valence-electron chi connectivity index (χ3n) is 2.89. The van der Waals surface area contributed by atoms with Crippen molar-refractivity contribution < 1.29 is 9.90 Å². The molecule has 0 bridgehead atoms. The maximum Gasteiger partial charge on any atom is 0.193 e. The number of Topliss-reactive ketones (excluding diaryl/α,β-unsaturated/α-hetero) is 1. The van der Waals surface area contributed by atoms with Crippen molar-refractivity contribution in [2.75, 3.05) is 0 Å². The van der Waals surface area contributed by atoms with Crippen LogP contribution < -0.4 is 0 Å². The second-order valence-electron chi connectivity index (χ2n) is 4.04. The van der Waals surface area contributed by atoms with E-state index in [2.05, 4.69) is 0 Å². The number of aliphatic hydroxyl groups excluding tert-OH is 1. The van der Waals surface area contributed by atoms with Gasteiger partial charge in [-0.2, -0.15) is 0 Å². The number of hydrogen-bond donors (Lipinski definition) is 1. The summed E-state index contributed by atoms with van der Waals surface area (Å²) in [4.78, 5) is 11.8. The minimum absolute atomic E-state index is 0.0619. The molecule has 0 spiro atoms. The molecule has 72 valence electrons. The van der Waals surface area contributed by atoms with Crippen molar-refractivity contribution >= 4 is 5.78 Å². The zero-order valence-corrected chi connectivity index (χ0v) is 8.24. The predicted molar refractivity (Wildman–Crippen MR) is 54.5 cm³/mol. The van der Waals surface area contributed by atoms with Crippen LogP contribution in [-0.2, 0) is 5.41 Å². The van der Waals surface area contributed by atoms with Gasteiger partial charge in [0.25, 0.3) is 0 Å². The monoisotopic (exact) mass is 188 g/mol. The quantitative estimate of drug-likeness (QED) is 0.502. The average Bonchev–Trinajstić information content (AvgIpc) is 2.36. The fourth-order valence-electron chi connectivity index (χ4n) is 2.02. The number of benzene rings is 1. The van der Waals surface area contributed by atoms with Crippen LogP contribution in [0.2, 0.25) is 0 Å². The van der Waals surface area contributed by atoms with Crippen LogP contribution in [-0.4, -0.2) is 10.9 Å². The lowest BCUT2D eigenvalue weighted by Crippen LogP contribution is -2.16. The van der Waals surface area contributed by atoms with E-state index in [1.165, 1.54) is 0 Å². The second-order valence-corrected chi connectivity index (χ2v) is 4.04. The first-order valence-electron chi connectivity index (χ1n) is 4.58. The van der Waals surface area contributed by atoms with Crippen molar-refractivity contribution in [2.45, 2.75) is 19.3 Å². The Morgan fingerprint density at radius 2 is 1.93 bits per heavy atom. The lowest BCUT2D eigenvalue weighted by atomic mass is 9.83. The molecule has 0 aromatic heterocycles. The number of aliphatic hydroxyl groups is 1. The number of carbonyl (C=O) groups excluding carboxylic acids is 1. The topological polar surface area (TPSA) is 37.3 Å². The van der Waals surface area contributed by atoms with E-state index in [1.807, 2.05) is 32.0 Å². The number of ketones is 1. The Kier molecular flexibility index (Phi) is 1.74. The lowest BCUT2D eigenvalue weighted by molar-refractivity contribution is 0.103. The number of hydrogen-bond acceptors (Lipinski definition) is 2. The van der Waals surface area contributed by atoms with Crippen LogP contribution in [0.25, 0.3) is 0 Å². The van der Waals surface area contributed by atoms with Crippen LogP contribution in [0, 0.1) is 0 Å². The standard InChI is InChI=1S/C12H12O2/c1-12(2)9-6-4-3-5-8(9)11(14)10(12)7-13/h3-7,13H,1-2H3. The van der Waals surface area contributed by atoms with Crippen LogP contribution >= 0.6 is 0 Å². The molecule has 0 saturated heterocycles. The maximum absolute atomic E-state index is 11.8. The summed E-state index contributed by atoms with van der Waals surface area (Å²) >= 11 is 0. The maximum atomic E-state index is 11.8. The summed E-state index contributed by atoms with van der Waals surface area (Å²) < 4.78 is 0. The Bertz CT molecular complexity index is 428. The Labute approximate surface area is 82.9 Å². The molecule has 0 unspecified atom stereocenters. The summed E-state index contributed by atoms with van der Waals surface area (Å²) in [5.41, 5.74) is 1.80. The normalized spacial score (nSPS) is 21.3. The highest BCUT2D eigenvalue weighted by atomic mass is 16.2. The van der Waals surface area contributed by atoms with Gasteiger partial charge in [-0.25, -0.2) is 0 Å². The Hall–Kier alpha value is -1.57. The van der Waals surface area contributed by atoms with Gasteiger partial charge in [-0.1, -0.05) is 38.1 Å². The van der Waals surface area contributed by atoms with Gasteiger partial charge in [0, 0.05) is 16.6 Å². The molecule has 2 rings (SSSR count). The molecular weight excluding hydrogens is 176 g/mol. The molecule has 0 heterocycles. The van der Waals surface area contributed by atoms with Crippen molar-refractivity contribution in [1.29, 1.82) is 0 Å². The number of rotatable bonds is 0. The van der Waals surface area contributed by atoms with Crippen LogP contribution in [0.4, 0.5) is 0 Å². The SMILES string of the molecule is CC1(C)C(=CO)C(=O)c2ccccc21. The van der Waals surface area contributed by atoms with Gasteiger partial charge in [0.15, 0.2) is 5.78 Å². The Morgan fingerprint density at radius 3 is 2.50 bits per heavy atom. The minimum atomic E-state index is -0.373. The van der Waals surface area contributed by atoms with Crippen molar-refractivity contribution in [3.63, 3.8) is 0 Å². The van der Waals surface area contributed by atoms with Crippen molar-refractivity contribution in [2.24, 2.45) is 0 Å². The van der Waals surface area contributed by atoms with Gasteiger partial charge in [0.2, 0.25) is 0 Å². The predicted octanol–water partition coefficient (Wildman–Crippen LogP) is 2.60. The molecule has 0 radical (unpaired) electrons. The summed E-state index contributed by atoms with van der Waals surface area (Å²) in [6.45, 7) is 3.89. The van der Waals surface area contributed by atoms with E-state index in [4.69, 9.17) is 5.11 Å². The third kappa shape index (κ3) is 0.939. The summed E-state index contributed by atoms with van der Waals surface area (Å²) in [5.74, 6) is -0.0619. The fraction of sp³-hybridized carbons (Fsp3) is 0.250. The summed E-state index contributed by atoms with van der Waals surface area (Å²) in [7, 11) is 0. The van der Waals surface area contributed by atoms with Gasteiger partial charge >= 0.3 is 0 Å². The molecule has 0 fully saturated rings. The Morgan fingerprint density at radius 1 is 1.29 bits per heavy atom. The van der Waals surface area contributed by atoms with E-state index in [0.29, 0.717) is 11.1 Å². The summed E-state index contributed by atoms with van der Waals surface area (Å²) in [6, 6.07) is 7.49. The van der Waals surface area contributed by atoms with E-state index in [-0.39, 0.29) is 11.2 Å². The number of carbonyl (C=O) groups is 1. The highest BCUT2D eigenvalue weighted by Crippen LogP contribution is 2.41. The smallest absolute Gasteiger partial charge is 0.193 e. The number of allylic oxidation sites excluding steroid dienone is 1. The zero-order valence-electron chi connectivity index (χ0n) is 8.24. The average molecular weight is 188 g/mol.